The molecule has 0 saturated carbocycles. The molecule has 0 radical (unpaired) electrons. The Labute approximate surface area is 148 Å². The monoisotopic (exact) mass is 407 g/mol. The summed E-state index contributed by atoms with van der Waals surface area (Å²) in [5.74, 6) is -1.48. The van der Waals surface area contributed by atoms with Gasteiger partial charge < -0.3 is 10.1 Å². The molecule has 1 aromatic heterocycles. The van der Waals surface area contributed by atoms with E-state index in [2.05, 4.69) is 35.9 Å². The number of aromatic nitrogens is 2. The molecule has 1 heterocycles. The van der Waals surface area contributed by atoms with Crippen LogP contribution in [0.4, 0.5) is 10.1 Å². The Bertz CT molecular complexity index is 970. The number of anilines is 1. The van der Waals surface area contributed by atoms with Gasteiger partial charge in [0.05, 0.1) is 0 Å². The number of hydrogen-bond donors (Lipinski definition) is 2. The number of nitrogens with zero attached hydrogens (tertiary/aromatic N) is 1. The molecular weight excluding hydrogens is 397 g/mol. The molecule has 7 nitrogen and oxygen atoms in total. The van der Waals surface area contributed by atoms with Gasteiger partial charge in [-0.25, -0.2) is 9.18 Å². The number of H-pyrrole nitrogens is 1. The number of aromatic amines is 1. The van der Waals surface area contributed by atoms with Crippen LogP contribution in [0.1, 0.15) is 0 Å². The molecule has 0 aliphatic carbocycles. The van der Waals surface area contributed by atoms with Gasteiger partial charge in [0.25, 0.3) is 5.91 Å². The number of carbonyl (C=O) groups is 1. The van der Waals surface area contributed by atoms with Gasteiger partial charge in [-0.3, -0.25) is 14.3 Å². The van der Waals surface area contributed by atoms with Crippen molar-refractivity contribution >= 4 is 27.5 Å². The molecule has 2 N–H and O–H groups in total. The molecule has 0 aliphatic rings. The highest BCUT2D eigenvalue weighted by molar-refractivity contribution is 9.10. The van der Waals surface area contributed by atoms with Gasteiger partial charge in [0.1, 0.15) is 0 Å². The van der Waals surface area contributed by atoms with Crippen LogP contribution < -0.4 is 15.8 Å². The van der Waals surface area contributed by atoms with Crippen LogP contribution >= 0.6 is 15.9 Å². The van der Waals surface area contributed by atoms with E-state index in [1.54, 1.807) is 30.3 Å². The van der Waals surface area contributed by atoms with Gasteiger partial charge in [0.15, 0.2) is 24.0 Å². The number of halogens is 2. The second kappa shape index (κ2) is 7.31. The maximum Gasteiger partial charge on any atom is 0.439 e. The van der Waals surface area contributed by atoms with E-state index in [4.69, 9.17) is 4.74 Å². The zero-order valence-corrected chi connectivity index (χ0v) is 14.2. The summed E-state index contributed by atoms with van der Waals surface area (Å²) in [6.07, 6.45) is 0. The van der Waals surface area contributed by atoms with Gasteiger partial charge in [-0.1, -0.05) is 33.2 Å². The average molecular weight is 408 g/mol. The lowest BCUT2D eigenvalue weighted by Gasteiger charge is -2.09. The van der Waals surface area contributed by atoms with E-state index < -0.39 is 17.5 Å². The quantitative estimate of drug-likeness (QED) is 0.677. The first-order valence-corrected chi connectivity index (χ1v) is 7.85. The normalized spacial score (nSPS) is 10.5. The van der Waals surface area contributed by atoms with E-state index in [1.807, 2.05) is 0 Å². The molecule has 2 aromatic carbocycles. The molecule has 0 saturated heterocycles. The number of hydrogen-bond acceptors (Lipinski definition) is 5. The van der Waals surface area contributed by atoms with Gasteiger partial charge in [-0.05, 0) is 30.3 Å². The van der Waals surface area contributed by atoms with Crippen LogP contribution in [-0.2, 0) is 4.79 Å². The highest BCUT2D eigenvalue weighted by Crippen LogP contribution is 2.22. The number of amides is 1. The Morgan fingerprint density at radius 2 is 2.16 bits per heavy atom. The van der Waals surface area contributed by atoms with Crippen LogP contribution in [0.2, 0.25) is 0 Å². The number of benzene rings is 2. The lowest BCUT2D eigenvalue weighted by atomic mass is 10.2. The van der Waals surface area contributed by atoms with Crippen molar-refractivity contribution in [2.24, 2.45) is 0 Å². The van der Waals surface area contributed by atoms with E-state index in [1.165, 1.54) is 12.1 Å². The first-order chi connectivity index (χ1) is 12.0. The van der Waals surface area contributed by atoms with Crippen molar-refractivity contribution in [3.05, 3.63) is 63.3 Å². The lowest BCUT2D eigenvalue weighted by molar-refractivity contribution is -0.118. The predicted octanol–water partition coefficient (Wildman–Crippen LogP) is 2.95. The van der Waals surface area contributed by atoms with Crippen molar-refractivity contribution < 1.29 is 18.4 Å². The van der Waals surface area contributed by atoms with Gasteiger partial charge in [0, 0.05) is 15.7 Å². The van der Waals surface area contributed by atoms with Crippen molar-refractivity contribution in [3.63, 3.8) is 0 Å². The maximum absolute atomic E-state index is 13.6. The van der Waals surface area contributed by atoms with Crippen molar-refractivity contribution in [1.29, 1.82) is 0 Å². The van der Waals surface area contributed by atoms with Crippen molar-refractivity contribution in [3.8, 4) is 17.1 Å². The topological polar surface area (TPSA) is 97.2 Å². The molecule has 0 unspecified atom stereocenters. The third-order valence-electron chi connectivity index (χ3n) is 3.11. The second-order valence-corrected chi connectivity index (χ2v) is 5.85. The maximum atomic E-state index is 13.6. The smallest absolute Gasteiger partial charge is 0.439 e. The third-order valence-corrected chi connectivity index (χ3v) is 3.61. The molecule has 3 aromatic rings. The van der Waals surface area contributed by atoms with Crippen LogP contribution in [0.15, 0.2) is 56.3 Å². The molecule has 3 rings (SSSR count). The van der Waals surface area contributed by atoms with Crippen molar-refractivity contribution in [2.45, 2.75) is 0 Å². The van der Waals surface area contributed by atoms with E-state index in [9.17, 15) is 14.0 Å². The summed E-state index contributed by atoms with van der Waals surface area (Å²) >= 11 is 3.14. The molecule has 25 heavy (non-hydrogen) atoms. The molecule has 0 fully saturated rings. The molecule has 0 bridgehead atoms. The van der Waals surface area contributed by atoms with Crippen LogP contribution in [0.3, 0.4) is 0 Å². The Morgan fingerprint density at radius 3 is 2.88 bits per heavy atom. The SMILES string of the molecule is O=C(COc1ccc(Br)cc1F)Nc1cccc(-c2noc(=O)[nH]2)c1. The standard InChI is InChI=1S/C16H11BrFN3O4/c17-10-4-5-13(12(18)7-10)24-8-14(22)19-11-3-1-2-9(6-11)15-20-16(23)25-21-15/h1-7H,8H2,(H,19,22)(H,20,21,23). The molecule has 0 aliphatic heterocycles. The molecule has 0 atom stereocenters. The summed E-state index contributed by atoms with van der Waals surface area (Å²) < 4.78 is 23.8. The summed E-state index contributed by atoms with van der Waals surface area (Å²) in [6.45, 7) is -0.358. The Hall–Kier alpha value is -2.94. The lowest BCUT2D eigenvalue weighted by Crippen LogP contribution is -2.20. The summed E-state index contributed by atoms with van der Waals surface area (Å²) in [4.78, 5) is 25.4. The fraction of sp³-hybridized carbons (Fsp3) is 0.0625. The Balaban J connectivity index is 1.64. The van der Waals surface area contributed by atoms with Crippen LogP contribution in [0.5, 0.6) is 5.75 Å². The number of carbonyl (C=O) groups excluding carboxylic acids is 1. The van der Waals surface area contributed by atoms with E-state index in [-0.39, 0.29) is 18.2 Å². The Morgan fingerprint density at radius 1 is 1.32 bits per heavy atom. The van der Waals surface area contributed by atoms with Crippen LogP contribution in [0.25, 0.3) is 11.4 Å². The molecular formula is C16H11BrFN3O4. The van der Waals surface area contributed by atoms with Gasteiger partial charge >= 0.3 is 5.76 Å². The minimum absolute atomic E-state index is 0.0210. The van der Waals surface area contributed by atoms with E-state index in [0.717, 1.165) is 0 Å². The van der Waals surface area contributed by atoms with E-state index >= 15 is 0 Å². The third kappa shape index (κ3) is 4.32. The molecule has 0 spiro atoms. The van der Waals surface area contributed by atoms with Gasteiger partial charge in [-0.2, -0.15) is 0 Å². The minimum Gasteiger partial charge on any atom is -0.481 e. The highest BCUT2D eigenvalue weighted by Gasteiger charge is 2.09. The van der Waals surface area contributed by atoms with Crippen molar-refractivity contribution in [2.75, 3.05) is 11.9 Å². The minimum atomic E-state index is -0.672. The Kier molecular flexibility index (Phi) is 4.94. The molecule has 1 amide bonds. The number of rotatable bonds is 5. The highest BCUT2D eigenvalue weighted by atomic mass is 79.9. The van der Waals surface area contributed by atoms with Crippen LogP contribution in [0, 0.1) is 5.82 Å². The fourth-order valence-electron chi connectivity index (χ4n) is 2.03. The fourth-order valence-corrected chi connectivity index (χ4v) is 2.36. The zero-order chi connectivity index (χ0) is 17.8. The second-order valence-electron chi connectivity index (χ2n) is 4.94. The van der Waals surface area contributed by atoms with Crippen LogP contribution in [-0.4, -0.2) is 22.7 Å². The zero-order valence-electron chi connectivity index (χ0n) is 12.6. The summed E-state index contributed by atoms with van der Waals surface area (Å²) in [5, 5.41) is 6.19. The summed E-state index contributed by atoms with van der Waals surface area (Å²) in [5.41, 5.74) is 1.02. The summed E-state index contributed by atoms with van der Waals surface area (Å²) in [6, 6.07) is 10.9. The largest absolute Gasteiger partial charge is 0.481 e. The number of nitrogens with one attached hydrogen (secondary N) is 2. The first-order valence-electron chi connectivity index (χ1n) is 7.05. The predicted molar refractivity (Wildman–Crippen MR) is 90.8 cm³/mol. The summed E-state index contributed by atoms with van der Waals surface area (Å²) in [7, 11) is 0. The van der Waals surface area contributed by atoms with Gasteiger partial charge in [0.2, 0.25) is 0 Å². The molecule has 128 valence electrons. The molecule has 9 heteroatoms. The average Bonchev–Trinajstić information content (AvgIpc) is 3.01. The van der Waals surface area contributed by atoms with Crippen molar-refractivity contribution in [1.82, 2.24) is 10.1 Å². The number of ether oxygens (including phenoxy) is 1. The first kappa shape index (κ1) is 16.9. The van der Waals surface area contributed by atoms with E-state index in [0.29, 0.717) is 15.7 Å². The van der Waals surface area contributed by atoms with Gasteiger partial charge in [-0.15, -0.1) is 0 Å².